The van der Waals surface area contributed by atoms with Crippen LogP contribution in [0.1, 0.15) is 5.56 Å². The lowest BCUT2D eigenvalue weighted by molar-refractivity contribution is 0.409. The van der Waals surface area contributed by atoms with Crippen molar-refractivity contribution in [1.82, 2.24) is 4.90 Å². The van der Waals surface area contributed by atoms with Crippen molar-refractivity contribution in [2.75, 3.05) is 31.7 Å². The molecule has 1 saturated heterocycles. The van der Waals surface area contributed by atoms with E-state index in [2.05, 4.69) is 25.8 Å². The standard InChI is InChI=1S/C13H18BrN3OS/c1-18-12-3-2-11(14)8-10(12)9-16-13(15)17-4-6-19-7-5-17/h2-3,8H,4-7,9H2,1H3,(H2,15,16). The Bertz CT molecular complexity index is 461. The summed E-state index contributed by atoms with van der Waals surface area (Å²) in [5, 5.41) is 0. The lowest BCUT2D eigenvalue weighted by atomic mass is 10.2. The lowest BCUT2D eigenvalue weighted by Gasteiger charge is -2.27. The number of hydrogen-bond acceptors (Lipinski definition) is 3. The molecule has 1 aliphatic rings. The van der Waals surface area contributed by atoms with Crippen LogP contribution < -0.4 is 10.5 Å². The minimum atomic E-state index is 0.540. The normalized spacial score (nSPS) is 16.5. The van der Waals surface area contributed by atoms with E-state index in [0.29, 0.717) is 12.5 Å². The molecule has 0 aromatic heterocycles. The van der Waals surface area contributed by atoms with Crippen molar-refractivity contribution in [3.05, 3.63) is 28.2 Å². The summed E-state index contributed by atoms with van der Waals surface area (Å²) in [6, 6.07) is 5.90. The second-order valence-electron chi connectivity index (χ2n) is 4.23. The molecule has 0 saturated carbocycles. The molecule has 1 heterocycles. The first-order chi connectivity index (χ1) is 9.20. The first-order valence-corrected chi connectivity index (χ1v) is 8.10. The third-order valence-electron chi connectivity index (χ3n) is 2.99. The Kier molecular flexibility index (Phi) is 5.39. The van der Waals surface area contributed by atoms with Crippen LogP contribution in [0, 0.1) is 0 Å². The topological polar surface area (TPSA) is 50.9 Å². The van der Waals surface area contributed by atoms with Crippen LogP contribution >= 0.6 is 27.7 Å². The molecule has 4 nitrogen and oxygen atoms in total. The Morgan fingerprint density at radius 2 is 2.21 bits per heavy atom. The Morgan fingerprint density at radius 1 is 1.47 bits per heavy atom. The van der Waals surface area contributed by atoms with Gasteiger partial charge in [0.05, 0.1) is 13.7 Å². The van der Waals surface area contributed by atoms with Crippen molar-refractivity contribution in [3.8, 4) is 5.75 Å². The summed E-state index contributed by atoms with van der Waals surface area (Å²) in [6.45, 7) is 2.50. The molecule has 1 fully saturated rings. The van der Waals surface area contributed by atoms with E-state index in [9.17, 15) is 0 Å². The number of thioether (sulfide) groups is 1. The molecule has 0 bridgehead atoms. The van der Waals surface area contributed by atoms with E-state index in [0.717, 1.165) is 40.4 Å². The molecule has 2 N–H and O–H groups in total. The molecule has 6 heteroatoms. The zero-order valence-corrected chi connectivity index (χ0v) is 13.3. The summed E-state index contributed by atoms with van der Waals surface area (Å²) in [6.07, 6.45) is 0. The molecular weight excluding hydrogens is 326 g/mol. The molecule has 0 unspecified atom stereocenters. The highest BCUT2D eigenvalue weighted by atomic mass is 79.9. The van der Waals surface area contributed by atoms with Crippen LogP contribution in [-0.2, 0) is 6.54 Å². The SMILES string of the molecule is COc1ccc(Br)cc1CN=C(N)N1CCSCC1. The lowest BCUT2D eigenvalue weighted by Crippen LogP contribution is -2.42. The highest BCUT2D eigenvalue weighted by molar-refractivity contribution is 9.10. The molecule has 1 aromatic carbocycles. The number of ether oxygens (including phenoxy) is 1. The van der Waals surface area contributed by atoms with Crippen molar-refractivity contribution in [2.45, 2.75) is 6.54 Å². The van der Waals surface area contributed by atoms with Crippen LogP contribution in [-0.4, -0.2) is 42.6 Å². The van der Waals surface area contributed by atoms with Gasteiger partial charge in [0.1, 0.15) is 5.75 Å². The molecule has 1 aliphatic heterocycles. The van der Waals surface area contributed by atoms with Crippen LogP contribution in [0.4, 0.5) is 0 Å². The van der Waals surface area contributed by atoms with Gasteiger partial charge in [-0.3, -0.25) is 0 Å². The summed E-state index contributed by atoms with van der Waals surface area (Å²) >= 11 is 5.42. The van der Waals surface area contributed by atoms with E-state index in [1.807, 2.05) is 30.0 Å². The first-order valence-electron chi connectivity index (χ1n) is 6.15. The fourth-order valence-electron chi connectivity index (χ4n) is 1.93. The molecule has 19 heavy (non-hydrogen) atoms. The predicted molar refractivity (Wildman–Crippen MR) is 84.9 cm³/mol. The largest absolute Gasteiger partial charge is 0.496 e. The van der Waals surface area contributed by atoms with Gasteiger partial charge >= 0.3 is 0 Å². The molecule has 0 atom stereocenters. The molecule has 0 aliphatic carbocycles. The van der Waals surface area contributed by atoms with E-state index < -0.39 is 0 Å². The number of rotatable bonds is 3. The highest BCUT2D eigenvalue weighted by Crippen LogP contribution is 2.23. The molecule has 2 rings (SSSR count). The van der Waals surface area contributed by atoms with Crippen molar-refractivity contribution >= 4 is 33.7 Å². The summed E-state index contributed by atoms with van der Waals surface area (Å²) < 4.78 is 6.35. The van der Waals surface area contributed by atoms with Crippen LogP contribution in [0.5, 0.6) is 5.75 Å². The van der Waals surface area contributed by atoms with Crippen LogP contribution in [0.2, 0.25) is 0 Å². The first kappa shape index (κ1) is 14.5. The average Bonchev–Trinajstić information content (AvgIpc) is 2.46. The maximum absolute atomic E-state index is 6.04. The fraction of sp³-hybridized carbons (Fsp3) is 0.462. The smallest absolute Gasteiger partial charge is 0.191 e. The van der Waals surface area contributed by atoms with Crippen LogP contribution in [0.15, 0.2) is 27.7 Å². The number of hydrogen-bond donors (Lipinski definition) is 1. The molecule has 0 spiro atoms. The molecule has 0 radical (unpaired) electrons. The fourth-order valence-corrected chi connectivity index (χ4v) is 3.24. The number of nitrogens with two attached hydrogens (primary N) is 1. The predicted octanol–water partition coefficient (Wildman–Crippen LogP) is 2.32. The minimum Gasteiger partial charge on any atom is -0.496 e. The van der Waals surface area contributed by atoms with Crippen molar-refractivity contribution < 1.29 is 4.74 Å². The number of methoxy groups -OCH3 is 1. The van der Waals surface area contributed by atoms with E-state index in [1.165, 1.54) is 0 Å². The van der Waals surface area contributed by atoms with Gasteiger partial charge in [-0.25, -0.2) is 4.99 Å². The summed E-state index contributed by atoms with van der Waals surface area (Å²) in [5.74, 6) is 3.71. The third kappa shape index (κ3) is 4.04. The summed E-state index contributed by atoms with van der Waals surface area (Å²) in [5.41, 5.74) is 7.07. The number of halogens is 1. The maximum Gasteiger partial charge on any atom is 0.191 e. The van der Waals surface area contributed by atoms with Gasteiger partial charge in [-0.05, 0) is 18.2 Å². The number of nitrogens with zero attached hydrogens (tertiary/aromatic N) is 2. The minimum absolute atomic E-state index is 0.540. The quantitative estimate of drug-likeness (QED) is 0.675. The Morgan fingerprint density at radius 3 is 2.89 bits per heavy atom. The maximum atomic E-state index is 6.04. The highest BCUT2D eigenvalue weighted by Gasteiger charge is 2.12. The van der Waals surface area contributed by atoms with Gasteiger partial charge in [0, 0.05) is 34.6 Å². The number of guanidine groups is 1. The van der Waals surface area contributed by atoms with Crippen LogP contribution in [0.25, 0.3) is 0 Å². The van der Waals surface area contributed by atoms with Crippen molar-refractivity contribution in [2.24, 2.45) is 10.7 Å². The van der Waals surface area contributed by atoms with E-state index in [1.54, 1.807) is 7.11 Å². The van der Waals surface area contributed by atoms with Gasteiger partial charge in [0.15, 0.2) is 5.96 Å². The summed E-state index contributed by atoms with van der Waals surface area (Å²) in [4.78, 5) is 6.62. The Labute approximate surface area is 126 Å². The van der Waals surface area contributed by atoms with Gasteiger partial charge in [-0.15, -0.1) is 0 Å². The number of aliphatic imine (C=N–C) groups is 1. The van der Waals surface area contributed by atoms with Gasteiger partial charge in [-0.1, -0.05) is 15.9 Å². The van der Waals surface area contributed by atoms with Gasteiger partial charge in [0.2, 0.25) is 0 Å². The zero-order valence-electron chi connectivity index (χ0n) is 10.9. The van der Waals surface area contributed by atoms with Gasteiger partial charge in [-0.2, -0.15) is 11.8 Å². The van der Waals surface area contributed by atoms with E-state index in [-0.39, 0.29) is 0 Å². The monoisotopic (exact) mass is 343 g/mol. The van der Waals surface area contributed by atoms with Crippen molar-refractivity contribution in [1.29, 1.82) is 0 Å². The average molecular weight is 344 g/mol. The Balaban J connectivity index is 2.05. The van der Waals surface area contributed by atoms with Gasteiger partial charge < -0.3 is 15.4 Å². The zero-order chi connectivity index (χ0) is 13.7. The number of benzene rings is 1. The third-order valence-corrected chi connectivity index (χ3v) is 4.42. The Hall–Kier alpha value is -0.880. The molecule has 0 amide bonds. The molecular formula is C13H18BrN3OS. The molecule has 104 valence electrons. The van der Waals surface area contributed by atoms with E-state index >= 15 is 0 Å². The van der Waals surface area contributed by atoms with E-state index in [4.69, 9.17) is 10.5 Å². The van der Waals surface area contributed by atoms with Crippen LogP contribution in [0.3, 0.4) is 0 Å². The summed E-state index contributed by atoms with van der Waals surface area (Å²) in [7, 11) is 1.67. The second kappa shape index (κ2) is 7.05. The molecule has 1 aromatic rings. The van der Waals surface area contributed by atoms with Crippen molar-refractivity contribution in [3.63, 3.8) is 0 Å². The second-order valence-corrected chi connectivity index (χ2v) is 6.37. The van der Waals surface area contributed by atoms with Gasteiger partial charge in [0.25, 0.3) is 0 Å².